The van der Waals surface area contributed by atoms with Gasteiger partial charge in [0.2, 0.25) is 0 Å². The highest BCUT2D eigenvalue weighted by atomic mass is 16.6. The lowest BCUT2D eigenvalue weighted by Crippen LogP contribution is -2.13. The van der Waals surface area contributed by atoms with Gasteiger partial charge >= 0.3 is 0 Å². The molecule has 0 fully saturated rings. The highest BCUT2D eigenvalue weighted by molar-refractivity contribution is 5.38. The van der Waals surface area contributed by atoms with Crippen molar-refractivity contribution in [2.75, 3.05) is 52.9 Å². The van der Waals surface area contributed by atoms with E-state index in [1.54, 1.807) is 6.07 Å². The molecule has 0 aromatic heterocycles. The first-order chi connectivity index (χ1) is 9.47. The van der Waals surface area contributed by atoms with Crippen LogP contribution in [0.5, 0.6) is 11.5 Å². The third-order valence-electron chi connectivity index (χ3n) is 2.49. The summed E-state index contributed by atoms with van der Waals surface area (Å²) in [6.07, 6.45) is 0. The first-order valence-electron chi connectivity index (χ1n) is 6.46. The molecule has 5 heteroatoms. The molecule has 2 rings (SSSR count). The molecule has 1 heterocycles. The van der Waals surface area contributed by atoms with E-state index in [1.807, 2.05) is 12.1 Å². The van der Waals surface area contributed by atoms with Crippen molar-refractivity contribution in [3.63, 3.8) is 0 Å². The molecule has 0 bridgehead atoms. The van der Waals surface area contributed by atoms with Crippen molar-refractivity contribution in [1.82, 2.24) is 0 Å². The highest BCUT2D eigenvalue weighted by Gasteiger charge is 2.05. The van der Waals surface area contributed by atoms with E-state index in [9.17, 15) is 0 Å². The summed E-state index contributed by atoms with van der Waals surface area (Å²) < 4.78 is 27.3. The summed E-state index contributed by atoms with van der Waals surface area (Å²) >= 11 is 0. The van der Waals surface area contributed by atoms with E-state index in [2.05, 4.69) is 6.07 Å². The van der Waals surface area contributed by atoms with Gasteiger partial charge in [0.05, 0.1) is 39.6 Å². The molecule has 0 N–H and O–H groups in total. The zero-order chi connectivity index (χ0) is 13.2. The summed E-state index contributed by atoms with van der Waals surface area (Å²) in [6, 6.07) is 8.52. The molecule has 1 radical (unpaired) electrons. The number of hydrogen-bond acceptors (Lipinski definition) is 5. The van der Waals surface area contributed by atoms with Gasteiger partial charge in [-0.3, -0.25) is 0 Å². The first-order valence-corrected chi connectivity index (χ1v) is 6.46. The van der Waals surface area contributed by atoms with Crippen LogP contribution in [0.3, 0.4) is 0 Å². The zero-order valence-electron chi connectivity index (χ0n) is 10.9. The second kappa shape index (κ2) is 8.74. The fourth-order valence-electron chi connectivity index (χ4n) is 1.59. The van der Waals surface area contributed by atoms with E-state index in [1.165, 1.54) is 0 Å². The maximum Gasteiger partial charge on any atom is 0.169 e. The van der Waals surface area contributed by atoms with Gasteiger partial charge in [-0.1, -0.05) is 12.1 Å². The first kappa shape index (κ1) is 14.1. The van der Waals surface area contributed by atoms with Gasteiger partial charge in [-0.15, -0.1) is 0 Å². The summed E-state index contributed by atoms with van der Waals surface area (Å²) in [4.78, 5) is 0. The number of ether oxygens (including phenoxy) is 5. The fraction of sp³-hybridized carbons (Fsp3) is 0.571. The lowest BCUT2D eigenvalue weighted by Gasteiger charge is -2.12. The topological polar surface area (TPSA) is 46.2 Å². The van der Waals surface area contributed by atoms with Crippen LogP contribution < -0.4 is 9.47 Å². The number of rotatable bonds is 0. The molecule has 0 spiro atoms. The molecule has 0 aliphatic carbocycles. The Morgan fingerprint density at radius 3 is 2.00 bits per heavy atom. The standard InChI is InChI=1S/C14H19O5/c1-2-4-14-13(3-1)18-11-9-16-7-5-15-6-8-17-10-12-19-14/h1-3H,5-12H2. The monoisotopic (exact) mass is 267 g/mol. The molecule has 0 saturated heterocycles. The van der Waals surface area contributed by atoms with Crippen LogP contribution in [0.2, 0.25) is 0 Å². The van der Waals surface area contributed by atoms with Gasteiger partial charge in [0.1, 0.15) is 13.2 Å². The largest absolute Gasteiger partial charge is 0.487 e. The van der Waals surface area contributed by atoms with Crippen molar-refractivity contribution in [2.45, 2.75) is 0 Å². The number of fused-ring (bicyclic) bond motifs is 1. The van der Waals surface area contributed by atoms with E-state index in [0.29, 0.717) is 64.4 Å². The Balaban J connectivity index is 1.87. The van der Waals surface area contributed by atoms with Gasteiger partial charge in [-0.2, -0.15) is 0 Å². The lowest BCUT2D eigenvalue weighted by molar-refractivity contribution is 0.00707. The van der Waals surface area contributed by atoms with E-state index < -0.39 is 0 Å². The second-order valence-corrected chi connectivity index (χ2v) is 3.90. The van der Waals surface area contributed by atoms with E-state index in [-0.39, 0.29) is 0 Å². The average molecular weight is 267 g/mol. The third-order valence-corrected chi connectivity index (χ3v) is 2.49. The average Bonchev–Trinajstić information content (AvgIpc) is 2.45. The van der Waals surface area contributed by atoms with Crippen LogP contribution in [0.15, 0.2) is 18.2 Å². The van der Waals surface area contributed by atoms with Crippen molar-refractivity contribution in [2.24, 2.45) is 0 Å². The number of hydrogen-bond donors (Lipinski definition) is 0. The normalized spacial score (nSPS) is 19.2. The van der Waals surface area contributed by atoms with E-state index in [0.717, 1.165) is 0 Å². The molecule has 1 aromatic carbocycles. The van der Waals surface area contributed by atoms with Crippen LogP contribution in [0, 0.1) is 6.07 Å². The minimum atomic E-state index is 0.466. The SMILES string of the molecule is [c]1cccc2c1OCCOCCOCCOCCO2. The van der Waals surface area contributed by atoms with Crippen molar-refractivity contribution < 1.29 is 23.7 Å². The van der Waals surface area contributed by atoms with Gasteiger partial charge in [-0.05, 0) is 6.07 Å². The van der Waals surface area contributed by atoms with Gasteiger partial charge in [0.15, 0.2) is 11.5 Å². The Hall–Kier alpha value is -1.30. The van der Waals surface area contributed by atoms with Gasteiger partial charge in [0, 0.05) is 6.07 Å². The molecule has 5 nitrogen and oxygen atoms in total. The van der Waals surface area contributed by atoms with E-state index in [4.69, 9.17) is 23.7 Å². The summed E-state index contributed by atoms with van der Waals surface area (Å²) in [5.74, 6) is 1.29. The number of benzene rings is 1. The minimum absolute atomic E-state index is 0.466. The van der Waals surface area contributed by atoms with Crippen LogP contribution in [-0.4, -0.2) is 52.9 Å². The second-order valence-electron chi connectivity index (χ2n) is 3.90. The molecule has 1 aromatic rings. The molecule has 0 amide bonds. The zero-order valence-corrected chi connectivity index (χ0v) is 10.9. The van der Waals surface area contributed by atoms with E-state index >= 15 is 0 Å². The van der Waals surface area contributed by atoms with Gasteiger partial charge < -0.3 is 23.7 Å². The molecule has 0 unspecified atom stereocenters. The highest BCUT2D eigenvalue weighted by Crippen LogP contribution is 2.25. The van der Waals surface area contributed by atoms with Crippen molar-refractivity contribution in [3.05, 3.63) is 24.3 Å². The summed E-state index contributed by atoms with van der Waals surface area (Å²) in [6.45, 7) is 4.25. The minimum Gasteiger partial charge on any atom is -0.487 e. The van der Waals surface area contributed by atoms with Crippen molar-refractivity contribution in [3.8, 4) is 11.5 Å². The Bertz CT molecular complexity index is 322. The van der Waals surface area contributed by atoms with Crippen molar-refractivity contribution >= 4 is 0 Å². The molecule has 1 aliphatic heterocycles. The summed E-state index contributed by atoms with van der Waals surface area (Å²) in [5, 5.41) is 0. The molecular formula is C14H19O5. The smallest absolute Gasteiger partial charge is 0.169 e. The molecular weight excluding hydrogens is 248 g/mol. The molecule has 1 aliphatic rings. The lowest BCUT2D eigenvalue weighted by atomic mass is 10.3. The molecule has 19 heavy (non-hydrogen) atoms. The van der Waals surface area contributed by atoms with Crippen molar-refractivity contribution in [1.29, 1.82) is 0 Å². The Morgan fingerprint density at radius 2 is 1.32 bits per heavy atom. The fourth-order valence-corrected chi connectivity index (χ4v) is 1.59. The number of para-hydroxylation sites is 1. The van der Waals surface area contributed by atoms with Crippen LogP contribution in [-0.2, 0) is 14.2 Å². The van der Waals surface area contributed by atoms with Gasteiger partial charge in [0.25, 0.3) is 0 Å². The Morgan fingerprint density at radius 1 is 0.737 bits per heavy atom. The quantitative estimate of drug-likeness (QED) is 0.709. The maximum absolute atomic E-state index is 5.60. The van der Waals surface area contributed by atoms with Crippen LogP contribution in [0.1, 0.15) is 0 Å². The van der Waals surface area contributed by atoms with Crippen LogP contribution in [0.25, 0.3) is 0 Å². The molecule has 105 valence electrons. The molecule has 0 atom stereocenters. The third kappa shape index (κ3) is 5.46. The predicted molar refractivity (Wildman–Crippen MR) is 68.7 cm³/mol. The predicted octanol–water partition coefficient (Wildman–Crippen LogP) is 1.31. The van der Waals surface area contributed by atoms with Crippen LogP contribution in [0.4, 0.5) is 0 Å². The van der Waals surface area contributed by atoms with Crippen LogP contribution >= 0.6 is 0 Å². The maximum atomic E-state index is 5.60. The Labute approximate surface area is 113 Å². The molecule has 0 saturated carbocycles. The van der Waals surface area contributed by atoms with Gasteiger partial charge in [-0.25, -0.2) is 0 Å². The Kier molecular flexibility index (Phi) is 6.49. The summed E-state index contributed by atoms with van der Waals surface area (Å²) in [5.41, 5.74) is 0. The summed E-state index contributed by atoms with van der Waals surface area (Å²) in [7, 11) is 0.